The third-order valence-corrected chi connectivity index (χ3v) is 2.05. The van der Waals surface area contributed by atoms with Gasteiger partial charge in [0.25, 0.3) is 0 Å². The molecule has 0 saturated heterocycles. The van der Waals surface area contributed by atoms with E-state index in [0.29, 0.717) is 18.7 Å². The zero-order chi connectivity index (χ0) is 12.7. The lowest BCUT2D eigenvalue weighted by atomic mass is 10.2. The highest BCUT2D eigenvalue weighted by Gasteiger charge is 2.06. The predicted octanol–water partition coefficient (Wildman–Crippen LogP) is 0.718. The fourth-order valence-corrected chi connectivity index (χ4v) is 1.23. The molecule has 0 unspecified atom stereocenters. The SMILES string of the molecule is CCNCCC(=O)Nc1cncc(C(=O)O)c1. The Morgan fingerprint density at radius 2 is 2.18 bits per heavy atom. The second kappa shape index (κ2) is 6.59. The molecule has 1 rings (SSSR count). The van der Waals surface area contributed by atoms with E-state index in [-0.39, 0.29) is 11.5 Å². The number of rotatable bonds is 6. The average molecular weight is 237 g/mol. The molecular weight excluding hydrogens is 222 g/mol. The molecule has 0 aliphatic carbocycles. The molecule has 0 radical (unpaired) electrons. The summed E-state index contributed by atoms with van der Waals surface area (Å²) in [5.41, 5.74) is 0.445. The van der Waals surface area contributed by atoms with E-state index >= 15 is 0 Å². The van der Waals surface area contributed by atoms with Gasteiger partial charge in [-0.3, -0.25) is 9.78 Å². The van der Waals surface area contributed by atoms with Crippen LogP contribution in [0, 0.1) is 0 Å². The van der Waals surface area contributed by atoms with Crippen LogP contribution in [0.4, 0.5) is 5.69 Å². The van der Waals surface area contributed by atoms with E-state index in [0.717, 1.165) is 6.54 Å². The first-order chi connectivity index (χ1) is 8.13. The number of carbonyl (C=O) groups excluding carboxylic acids is 1. The van der Waals surface area contributed by atoms with Crippen LogP contribution in [0.5, 0.6) is 0 Å². The van der Waals surface area contributed by atoms with Crippen molar-refractivity contribution in [3.8, 4) is 0 Å². The maximum atomic E-state index is 11.4. The minimum Gasteiger partial charge on any atom is -0.478 e. The highest BCUT2D eigenvalue weighted by molar-refractivity contribution is 5.93. The van der Waals surface area contributed by atoms with Crippen LogP contribution in [0.2, 0.25) is 0 Å². The lowest BCUT2D eigenvalue weighted by molar-refractivity contribution is -0.116. The summed E-state index contributed by atoms with van der Waals surface area (Å²) in [5, 5.41) is 14.4. The molecule has 0 aliphatic heterocycles. The van der Waals surface area contributed by atoms with Gasteiger partial charge in [-0.2, -0.15) is 0 Å². The van der Waals surface area contributed by atoms with Gasteiger partial charge in [0.05, 0.1) is 17.4 Å². The number of anilines is 1. The standard InChI is InChI=1S/C11H15N3O3/c1-2-12-4-3-10(15)14-9-5-8(11(16)17)6-13-7-9/h5-7,12H,2-4H2,1H3,(H,14,15)(H,16,17). The molecule has 1 amide bonds. The summed E-state index contributed by atoms with van der Waals surface area (Å²) in [4.78, 5) is 25.9. The van der Waals surface area contributed by atoms with Gasteiger partial charge in [-0.25, -0.2) is 4.79 Å². The Morgan fingerprint density at radius 1 is 1.41 bits per heavy atom. The number of aromatic carboxylic acids is 1. The molecule has 0 bridgehead atoms. The highest BCUT2D eigenvalue weighted by atomic mass is 16.4. The van der Waals surface area contributed by atoms with E-state index in [2.05, 4.69) is 15.6 Å². The molecule has 0 fully saturated rings. The van der Waals surface area contributed by atoms with E-state index in [1.165, 1.54) is 18.5 Å². The van der Waals surface area contributed by atoms with Gasteiger partial charge < -0.3 is 15.7 Å². The average Bonchev–Trinajstić information content (AvgIpc) is 2.29. The van der Waals surface area contributed by atoms with Crippen molar-refractivity contribution in [3.63, 3.8) is 0 Å². The molecule has 1 aromatic heterocycles. The smallest absolute Gasteiger partial charge is 0.337 e. The zero-order valence-corrected chi connectivity index (χ0v) is 9.56. The first-order valence-electron chi connectivity index (χ1n) is 5.32. The van der Waals surface area contributed by atoms with Gasteiger partial charge in [-0.15, -0.1) is 0 Å². The second-order valence-electron chi connectivity index (χ2n) is 3.42. The van der Waals surface area contributed by atoms with Crippen LogP contribution in [-0.4, -0.2) is 35.1 Å². The summed E-state index contributed by atoms with van der Waals surface area (Å²) >= 11 is 0. The summed E-state index contributed by atoms with van der Waals surface area (Å²) in [6, 6.07) is 1.38. The van der Waals surface area contributed by atoms with E-state index in [1.54, 1.807) is 0 Å². The van der Waals surface area contributed by atoms with Crippen LogP contribution in [-0.2, 0) is 4.79 Å². The number of amides is 1. The third kappa shape index (κ3) is 4.60. The Kier molecular flexibility index (Phi) is 5.09. The lowest BCUT2D eigenvalue weighted by Crippen LogP contribution is -2.21. The zero-order valence-electron chi connectivity index (χ0n) is 9.56. The number of carboxylic acids is 1. The van der Waals surface area contributed by atoms with Crippen molar-refractivity contribution in [3.05, 3.63) is 24.0 Å². The maximum Gasteiger partial charge on any atom is 0.337 e. The van der Waals surface area contributed by atoms with Crippen molar-refractivity contribution in [1.82, 2.24) is 10.3 Å². The summed E-state index contributed by atoms with van der Waals surface area (Å²) < 4.78 is 0. The molecule has 1 heterocycles. The van der Waals surface area contributed by atoms with Crippen molar-refractivity contribution in [1.29, 1.82) is 0 Å². The van der Waals surface area contributed by atoms with E-state index < -0.39 is 5.97 Å². The number of nitrogens with zero attached hydrogens (tertiary/aromatic N) is 1. The molecule has 6 heteroatoms. The molecule has 3 N–H and O–H groups in total. The Morgan fingerprint density at radius 3 is 2.82 bits per heavy atom. The number of carboxylic acid groups (broad SMARTS) is 1. The number of hydrogen-bond acceptors (Lipinski definition) is 4. The van der Waals surface area contributed by atoms with E-state index in [1.807, 2.05) is 6.92 Å². The quantitative estimate of drug-likeness (QED) is 0.634. The van der Waals surface area contributed by atoms with Crippen molar-refractivity contribution >= 4 is 17.6 Å². The molecular formula is C11H15N3O3. The van der Waals surface area contributed by atoms with Crippen LogP contribution in [0.25, 0.3) is 0 Å². The van der Waals surface area contributed by atoms with Crippen LogP contribution < -0.4 is 10.6 Å². The van der Waals surface area contributed by atoms with Crippen LogP contribution in [0.1, 0.15) is 23.7 Å². The third-order valence-electron chi connectivity index (χ3n) is 2.05. The predicted molar refractivity (Wildman–Crippen MR) is 63.0 cm³/mol. The Bertz CT molecular complexity index is 407. The minimum absolute atomic E-state index is 0.0504. The van der Waals surface area contributed by atoms with Gasteiger partial charge in [0.2, 0.25) is 5.91 Å². The van der Waals surface area contributed by atoms with Gasteiger partial charge in [0.1, 0.15) is 0 Å². The molecule has 0 saturated carbocycles. The molecule has 6 nitrogen and oxygen atoms in total. The monoisotopic (exact) mass is 237 g/mol. The van der Waals surface area contributed by atoms with Crippen molar-refractivity contribution in [2.45, 2.75) is 13.3 Å². The van der Waals surface area contributed by atoms with Gasteiger partial charge in [-0.1, -0.05) is 6.92 Å². The summed E-state index contributed by atoms with van der Waals surface area (Å²) in [6.45, 7) is 3.36. The van der Waals surface area contributed by atoms with Crippen LogP contribution >= 0.6 is 0 Å². The molecule has 0 atom stereocenters. The lowest BCUT2D eigenvalue weighted by Gasteiger charge is -2.05. The Balaban J connectivity index is 2.53. The van der Waals surface area contributed by atoms with Gasteiger partial charge in [0, 0.05) is 19.2 Å². The number of pyridine rings is 1. The fourth-order valence-electron chi connectivity index (χ4n) is 1.23. The summed E-state index contributed by atoms with van der Waals surface area (Å²) in [5.74, 6) is -1.24. The number of aromatic nitrogens is 1. The largest absolute Gasteiger partial charge is 0.478 e. The van der Waals surface area contributed by atoms with Gasteiger partial charge in [0.15, 0.2) is 0 Å². The summed E-state index contributed by atoms with van der Waals surface area (Å²) in [6.07, 6.45) is 2.99. The normalized spacial score (nSPS) is 9.94. The molecule has 0 spiro atoms. The highest BCUT2D eigenvalue weighted by Crippen LogP contribution is 2.08. The van der Waals surface area contributed by atoms with Gasteiger partial charge >= 0.3 is 5.97 Å². The minimum atomic E-state index is -1.07. The van der Waals surface area contributed by atoms with Gasteiger partial charge in [-0.05, 0) is 12.6 Å². The van der Waals surface area contributed by atoms with Crippen molar-refractivity contribution in [2.24, 2.45) is 0 Å². The second-order valence-corrected chi connectivity index (χ2v) is 3.42. The van der Waals surface area contributed by atoms with Crippen LogP contribution in [0.15, 0.2) is 18.5 Å². The van der Waals surface area contributed by atoms with Crippen LogP contribution in [0.3, 0.4) is 0 Å². The van der Waals surface area contributed by atoms with Crippen molar-refractivity contribution in [2.75, 3.05) is 18.4 Å². The van der Waals surface area contributed by atoms with E-state index in [9.17, 15) is 9.59 Å². The molecule has 1 aromatic rings. The first kappa shape index (κ1) is 13.1. The first-order valence-corrected chi connectivity index (χ1v) is 5.32. The number of carbonyl (C=O) groups is 2. The maximum absolute atomic E-state index is 11.4. The number of nitrogens with one attached hydrogen (secondary N) is 2. The molecule has 0 aromatic carbocycles. The summed E-state index contributed by atoms with van der Waals surface area (Å²) in [7, 11) is 0. The topological polar surface area (TPSA) is 91.3 Å². The Labute approximate surface area is 99.1 Å². The molecule has 0 aliphatic rings. The Hall–Kier alpha value is -1.95. The number of hydrogen-bond donors (Lipinski definition) is 3. The van der Waals surface area contributed by atoms with E-state index in [4.69, 9.17) is 5.11 Å². The molecule has 17 heavy (non-hydrogen) atoms. The molecule has 92 valence electrons. The fraction of sp³-hybridized carbons (Fsp3) is 0.364. The van der Waals surface area contributed by atoms with Crippen molar-refractivity contribution < 1.29 is 14.7 Å².